The molecule has 1 spiro atoms. The van der Waals surface area contributed by atoms with Crippen LogP contribution in [0.5, 0.6) is 0 Å². The van der Waals surface area contributed by atoms with Gasteiger partial charge < -0.3 is 19.0 Å². The van der Waals surface area contributed by atoms with Crippen molar-refractivity contribution in [2.45, 2.75) is 49.9 Å². The van der Waals surface area contributed by atoms with E-state index in [0.717, 1.165) is 36.8 Å². The van der Waals surface area contributed by atoms with E-state index >= 15 is 0 Å². The number of aromatic nitrogens is 1. The van der Waals surface area contributed by atoms with Crippen LogP contribution in [0.3, 0.4) is 0 Å². The predicted octanol–water partition coefficient (Wildman–Crippen LogP) is 4.50. The Balaban J connectivity index is 1.33. The summed E-state index contributed by atoms with van der Waals surface area (Å²) in [6, 6.07) is 19.3. The average molecular weight is 444 g/mol. The molecule has 168 valence electrons. The van der Waals surface area contributed by atoms with Crippen LogP contribution < -0.4 is 0 Å². The zero-order valence-electron chi connectivity index (χ0n) is 18.2. The topological polar surface area (TPSA) is 75.9 Å². The van der Waals surface area contributed by atoms with E-state index in [1.54, 1.807) is 4.90 Å². The van der Waals surface area contributed by atoms with Crippen molar-refractivity contribution < 1.29 is 18.7 Å². The minimum absolute atomic E-state index is 0.111. The van der Waals surface area contributed by atoms with E-state index in [1.807, 2.05) is 65.6 Å². The molecule has 3 aliphatic heterocycles. The van der Waals surface area contributed by atoms with Crippen molar-refractivity contribution in [2.75, 3.05) is 6.54 Å². The molecule has 4 heterocycles. The summed E-state index contributed by atoms with van der Waals surface area (Å²) >= 11 is 0. The minimum atomic E-state index is -0.620. The van der Waals surface area contributed by atoms with Gasteiger partial charge in [-0.05, 0) is 31.2 Å². The minimum Gasteiger partial charge on any atom is -0.443 e. The van der Waals surface area contributed by atoms with Crippen LogP contribution in [0.25, 0.3) is 11.3 Å². The monoisotopic (exact) mass is 443 g/mol. The van der Waals surface area contributed by atoms with Gasteiger partial charge in [-0.2, -0.15) is 0 Å². The van der Waals surface area contributed by atoms with Gasteiger partial charge >= 0.3 is 6.09 Å². The van der Waals surface area contributed by atoms with Crippen LogP contribution in [0.2, 0.25) is 0 Å². The second-order valence-electron chi connectivity index (χ2n) is 9.15. The van der Waals surface area contributed by atoms with Gasteiger partial charge in [0.15, 0.2) is 17.8 Å². The van der Waals surface area contributed by atoms with Gasteiger partial charge in [-0.25, -0.2) is 9.78 Å². The van der Waals surface area contributed by atoms with Crippen molar-refractivity contribution in [3.05, 3.63) is 78.3 Å². The van der Waals surface area contributed by atoms with Crippen LogP contribution in [0.15, 0.2) is 71.5 Å². The van der Waals surface area contributed by atoms with E-state index in [4.69, 9.17) is 9.15 Å². The average Bonchev–Trinajstić information content (AvgIpc) is 3.35. The second kappa shape index (κ2) is 7.76. The Hall–Kier alpha value is -3.61. The molecular weight excluding hydrogens is 418 g/mol. The highest BCUT2D eigenvalue weighted by Gasteiger charge is 2.59. The normalized spacial score (nSPS) is 26.1. The Morgan fingerprint density at radius 2 is 1.73 bits per heavy atom. The van der Waals surface area contributed by atoms with Gasteiger partial charge in [0.1, 0.15) is 5.60 Å². The van der Waals surface area contributed by atoms with E-state index in [-0.39, 0.29) is 24.1 Å². The van der Waals surface area contributed by atoms with E-state index in [0.29, 0.717) is 24.5 Å². The Kier molecular flexibility index (Phi) is 4.71. The molecular formula is C26H25N3O4. The molecule has 1 aliphatic carbocycles. The van der Waals surface area contributed by atoms with Crippen LogP contribution in [0, 0.1) is 0 Å². The number of carbonyl (C=O) groups excluding carboxylic acids is 2. The maximum absolute atomic E-state index is 13.9. The number of ether oxygens (including phenoxy) is 1. The summed E-state index contributed by atoms with van der Waals surface area (Å²) in [5, 5.41) is 0. The molecule has 1 unspecified atom stereocenters. The zero-order chi connectivity index (χ0) is 22.4. The number of nitrogens with zero attached hydrogens (tertiary/aromatic N) is 3. The van der Waals surface area contributed by atoms with Crippen LogP contribution in [0.4, 0.5) is 4.79 Å². The summed E-state index contributed by atoms with van der Waals surface area (Å²) in [5.41, 5.74) is 1.55. The van der Waals surface area contributed by atoms with Gasteiger partial charge in [0.25, 0.3) is 5.91 Å². The Morgan fingerprint density at radius 3 is 2.45 bits per heavy atom. The van der Waals surface area contributed by atoms with E-state index < -0.39 is 5.60 Å². The lowest BCUT2D eigenvalue weighted by atomic mass is 9.69. The van der Waals surface area contributed by atoms with Crippen LogP contribution >= 0.6 is 0 Å². The molecule has 7 nitrogen and oxygen atoms in total. The van der Waals surface area contributed by atoms with Crippen molar-refractivity contribution in [2.24, 2.45) is 0 Å². The van der Waals surface area contributed by atoms with Gasteiger partial charge in [0.05, 0.1) is 6.04 Å². The number of oxazole rings is 1. The van der Waals surface area contributed by atoms with Crippen LogP contribution in [-0.2, 0) is 11.3 Å². The fraction of sp³-hybridized carbons (Fsp3) is 0.346. The molecule has 0 radical (unpaired) electrons. The number of fused-ring (bicyclic) bond motifs is 2. The third-order valence-corrected chi connectivity index (χ3v) is 7.34. The van der Waals surface area contributed by atoms with Gasteiger partial charge in [-0.3, -0.25) is 4.79 Å². The highest BCUT2D eigenvalue weighted by atomic mass is 16.6. The first kappa shape index (κ1) is 20.0. The molecule has 2 bridgehead atoms. The summed E-state index contributed by atoms with van der Waals surface area (Å²) in [6.45, 7) is 0.909. The molecule has 7 heteroatoms. The van der Waals surface area contributed by atoms with Gasteiger partial charge in [0.2, 0.25) is 0 Å². The lowest BCUT2D eigenvalue weighted by Crippen LogP contribution is -2.73. The summed E-state index contributed by atoms with van der Waals surface area (Å²) in [5.74, 6) is 0.323. The quantitative estimate of drug-likeness (QED) is 0.594. The first-order valence-corrected chi connectivity index (χ1v) is 11.5. The van der Waals surface area contributed by atoms with Gasteiger partial charge in [-0.15, -0.1) is 0 Å². The molecule has 4 aliphatic rings. The Bertz CT molecular complexity index is 1170. The lowest BCUT2D eigenvalue weighted by molar-refractivity contribution is -0.164. The molecule has 2 amide bonds. The van der Waals surface area contributed by atoms with Crippen molar-refractivity contribution in [3.8, 4) is 11.3 Å². The lowest BCUT2D eigenvalue weighted by Gasteiger charge is -2.60. The molecule has 2 aromatic carbocycles. The molecule has 4 fully saturated rings. The molecule has 3 saturated heterocycles. The molecule has 0 N–H and O–H groups in total. The van der Waals surface area contributed by atoms with Crippen molar-refractivity contribution >= 4 is 12.0 Å². The second-order valence-corrected chi connectivity index (χ2v) is 9.15. The number of rotatable bonds is 4. The molecule has 1 aromatic heterocycles. The maximum atomic E-state index is 13.9. The van der Waals surface area contributed by atoms with Crippen molar-refractivity contribution in [3.63, 3.8) is 0 Å². The molecule has 1 atom stereocenters. The highest BCUT2D eigenvalue weighted by molar-refractivity contribution is 5.98. The molecule has 3 aromatic rings. The number of carbonyl (C=O) groups is 2. The van der Waals surface area contributed by atoms with E-state index in [2.05, 4.69) is 4.98 Å². The first-order valence-electron chi connectivity index (χ1n) is 11.5. The molecule has 33 heavy (non-hydrogen) atoms. The third kappa shape index (κ3) is 3.30. The number of hydrogen-bond donors (Lipinski definition) is 0. The summed E-state index contributed by atoms with van der Waals surface area (Å²) in [6.07, 6.45) is 4.27. The summed E-state index contributed by atoms with van der Waals surface area (Å²) in [4.78, 5) is 34.8. The van der Waals surface area contributed by atoms with E-state index in [1.165, 1.54) is 6.39 Å². The smallest absolute Gasteiger partial charge is 0.410 e. The molecule has 7 rings (SSSR count). The first-order chi connectivity index (χ1) is 16.1. The number of hydrogen-bond acceptors (Lipinski definition) is 5. The van der Waals surface area contributed by atoms with E-state index in [9.17, 15) is 9.59 Å². The largest absolute Gasteiger partial charge is 0.443 e. The fourth-order valence-corrected chi connectivity index (χ4v) is 5.71. The Morgan fingerprint density at radius 1 is 1.03 bits per heavy atom. The Labute approximate surface area is 192 Å². The molecule has 1 saturated carbocycles. The maximum Gasteiger partial charge on any atom is 0.410 e. The third-order valence-electron chi connectivity index (χ3n) is 7.34. The number of piperidine rings is 2. The zero-order valence-corrected chi connectivity index (χ0v) is 18.2. The van der Waals surface area contributed by atoms with Crippen LogP contribution in [0.1, 0.15) is 41.7 Å². The summed E-state index contributed by atoms with van der Waals surface area (Å²) in [7, 11) is 0. The summed E-state index contributed by atoms with van der Waals surface area (Å²) < 4.78 is 11.8. The predicted molar refractivity (Wildman–Crippen MR) is 120 cm³/mol. The highest BCUT2D eigenvalue weighted by Crippen LogP contribution is 2.48. The standard InChI is InChI=1S/C26H25N3O4/c30-24(22-23(32-17-27-22)19-9-5-2-6-10-19)29-20-11-13-26(14-12-20)21(29)16-28(25(31)33-26)15-18-7-3-1-4-8-18/h1-10,17,20-21H,11-16H2. The van der Waals surface area contributed by atoms with Crippen molar-refractivity contribution in [1.29, 1.82) is 0 Å². The van der Waals surface area contributed by atoms with Gasteiger partial charge in [0, 0.05) is 24.7 Å². The van der Waals surface area contributed by atoms with Crippen LogP contribution in [-0.4, -0.2) is 51.0 Å². The SMILES string of the molecule is O=C1OC23CCC(CC2)N(C(=O)c2ncoc2-c2ccccc2)C3CN1Cc1ccccc1. The number of amides is 2. The van der Waals surface area contributed by atoms with Gasteiger partial charge in [-0.1, -0.05) is 60.7 Å². The number of benzene rings is 2. The van der Waals surface area contributed by atoms with Crippen molar-refractivity contribution in [1.82, 2.24) is 14.8 Å². The fourth-order valence-electron chi connectivity index (χ4n) is 5.71.